The van der Waals surface area contributed by atoms with E-state index in [0.717, 1.165) is 11.3 Å². The highest BCUT2D eigenvalue weighted by molar-refractivity contribution is 5.92. The molecule has 4 heteroatoms. The lowest BCUT2D eigenvalue weighted by molar-refractivity contribution is -0.117. The molecule has 1 aromatic carbocycles. The number of benzene rings is 1. The normalized spacial score (nSPS) is 13.0. The van der Waals surface area contributed by atoms with Gasteiger partial charge in [0.05, 0.1) is 0 Å². The number of nitrogens with one attached hydrogen (secondary N) is 2. The van der Waals surface area contributed by atoms with Gasteiger partial charge in [0.2, 0.25) is 11.8 Å². The van der Waals surface area contributed by atoms with E-state index in [2.05, 4.69) is 31.4 Å². The van der Waals surface area contributed by atoms with Gasteiger partial charge >= 0.3 is 0 Å². The van der Waals surface area contributed by atoms with Gasteiger partial charge in [0.25, 0.3) is 0 Å². The summed E-state index contributed by atoms with van der Waals surface area (Å²) in [4.78, 5) is 22.7. The first-order valence-electron chi connectivity index (χ1n) is 7.04. The standard InChI is InChI=1S/C17H24N2O2/c1-12(17(3,4)5)18-16(21)11-8-14-6-9-15(10-7-14)19-13(2)20/h6-12H,1-5H3,(H,18,21)(H,19,20)/b11-8+. The van der Waals surface area contributed by atoms with E-state index in [1.54, 1.807) is 18.2 Å². The van der Waals surface area contributed by atoms with Crippen molar-refractivity contribution in [2.75, 3.05) is 5.32 Å². The van der Waals surface area contributed by atoms with Gasteiger partial charge in [-0.25, -0.2) is 0 Å². The Morgan fingerprint density at radius 3 is 2.19 bits per heavy atom. The summed E-state index contributed by atoms with van der Waals surface area (Å²) < 4.78 is 0. The van der Waals surface area contributed by atoms with E-state index in [0.29, 0.717) is 0 Å². The summed E-state index contributed by atoms with van der Waals surface area (Å²) >= 11 is 0. The maximum absolute atomic E-state index is 11.8. The molecule has 1 unspecified atom stereocenters. The molecule has 1 rings (SSSR count). The summed E-state index contributed by atoms with van der Waals surface area (Å²) in [7, 11) is 0. The molecule has 0 fully saturated rings. The van der Waals surface area contributed by atoms with Crippen LogP contribution in [0.2, 0.25) is 0 Å². The van der Waals surface area contributed by atoms with Gasteiger partial charge in [-0.15, -0.1) is 0 Å². The molecule has 0 aromatic heterocycles. The molecule has 1 atom stereocenters. The lowest BCUT2D eigenvalue weighted by atomic mass is 9.88. The topological polar surface area (TPSA) is 58.2 Å². The largest absolute Gasteiger partial charge is 0.350 e. The second kappa shape index (κ2) is 7.07. The summed E-state index contributed by atoms with van der Waals surface area (Å²) in [6, 6.07) is 7.40. The molecule has 0 aliphatic rings. The summed E-state index contributed by atoms with van der Waals surface area (Å²) in [5, 5.41) is 5.64. The molecule has 0 bridgehead atoms. The predicted molar refractivity (Wildman–Crippen MR) is 86.8 cm³/mol. The molecule has 0 spiro atoms. The van der Waals surface area contributed by atoms with Gasteiger partial charge in [0, 0.05) is 24.7 Å². The zero-order valence-electron chi connectivity index (χ0n) is 13.4. The monoisotopic (exact) mass is 288 g/mol. The van der Waals surface area contributed by atoms with Crippen LogP contribution in [0.4, 0.5) is 5.69 Å². The average Bonchev–Trinajstić information content (AvgIpc) is 2.36. The number of anilines is 1. The highest BCUT2D eigenvalue weighted by Gasteiger charge is 2.20. The molecule has 0 radical (unpaired) electrons. The maximum Gasteiger partial charge on any atom is 0.244 e. The van der Waals surface area contributed by atoms with Gasteiger partial charge in [-0.1, -0.05) is 32.9 Å². The Hall–Kier alpha value is -2.10. The van der Waals surface area contributed by atoms with E-state index in [1.165, 1.54) is 13.0 Å². The van der Waals surface area contributed by atoms with E-state index in [-0.39, 0.29) is 23.3 Å². The SMILES string of the molecule is CC(=O)Nc1ccc(/C=C/C(=O)NC(C)C(C)(C)C)cc1. The van der Waals surface area contributed by atoms with Crippen molar-refractivity contribution in [3.8, 4) is 0 Å². The molecule has 114 valence electrons. The van der Waals surface area contributed by atoms with E-state index >= 15 is 0 Å². The number of carbonyl (C=O) groups excluding carboxylic acids is 2. The van der Waals surface area contributed by atoms with Crippen molar-refractivity contribution in [2.24, 2.45) is 5.41 Å². The van der Waals surface area contributed by atoms with E-state index < -0.39 is 0 Å². The molecule has 0 saturated carbocycles. The predicted octanol–water partition coefficient (Wildman–Crippen LogP) is 3.21. The molecule has 1 aromatic rings. The molecule has 0 heterocycles. The third kappa shape index (κ3) is 6.25. The van der Waals surface area contributed by atoms with Crippen LogP contribution in [0.1, 0.15) is 40.2 Å². The fraction of sp³-hybridized carbons (Fsp3) is 0.412. The molecule has 0 aliphatic carbocycles. The quantitative estimate of drug-likeness (QED) is 0.836. The van der Waals surface area contributed by atoms with Gasteiger partial charge in [-0.05, 0) is 36.1 Å². The van der Waals surface area contributed by atoms with Crippen molar-refractivity contribution >= 4 is 23.6 Å². The van der Waals surface area contributed by atoms with Crippen LogP contribution in [0.15, 0.2) is 30.3 Å². The third-order valence-electron chi connectivity index (χ3n) is 3.32. The molecule has 21 heavy (non-hydrogen) atoms. The van der Waals surface area contributed by atoms with Crippen molar-refractivity contribution in [1.82, 2.24) is 5.32 Å². The van der Waals surface area contributed by atoms with E-state index in [4.69, 9.17) is 0 Å². The molecular weight excluding hydrogens is 264 g/mol. The third-order valence-corrected chi connectivity index (χ3v) is 3.32. The van der Waals surface area contributed by atoms with Crippen LogP contribution in [0.3, 0.4) is 0 Å². The lowest BCUT2D eigenvalue weighted by Gasteiger charge is -2.27. The first-order valence-corrected chi connectivity index (χ1v) is 7.04. The van der Waals surface area contributed by atoms with Crippen LogP contribution in [0.25, 0.3) is 6.08 Å². The van der Waals surface area contributed by atoms with Gasteiger partial charge < -0.3 is 10.6 Å². The number of carbonyl (C=O) groups is 2. The smallest absolute Gasteiger partial charge is 0.244 e. The summed E-state index contributed by atoms with van der Waals surface area (Å²) in [5.74, 6) is -0.211. The first-order chi connectivity index (χ1) is 9.68. The second-order valence-electron chi connectivity index (χ2n) is 6.23. The Labute approximate surface area is 126 Å². The van der Waals surface area contributed by atoms with Crippen LogP contribution in [0, 0.1) is 5.41 Å². The van der Waals surface area contributed by atoms with Gasteiger partial charge in [0.15, 0.2) is 0 Å². The summed E-state index contributed by atoms with van der Waals surface area (Å²) in [6.45, 7) is 9.72. The Bertz CT molecular complexity index is 525. The number of hydrogen-bond acceptors (Lipinski definition) is 2. The molecule has 2 N–H and O–H groups in total. The van der Waals surface area contributed by atoms with E-state index in [1.807, 2.05) is 19.1 Å². The Kier molecular flexibility index (Phi) is 5.70. The Morgan fingerprint density at radius 1 is 1.14 bits per heavy atom. The number of rotatable bonds is 4. The summed E-state index contributed by atoms with van der Waals surface area (Å²) in [5.41, 5.74) is 1.68. The second-order valence-corrected chi connectivity index (χ2v) is 6.23. The van der Waals surface area contributed by atoms with Crippen molar-refractivity contribution in [3.63, 3.8) is 0 Å². The fourth-order valence-electron chi connectivity index (χ4n) is 1.53. The maximum atomic E-state index is 11.8. The minimum absolute atomic E-state index is 0.0313. The molecule has 4 nitrogen and oxygen atoms in total. The van der Waals surface area contributed by atoms with Crippen LogP contribution in [-0.2, 0) is 9.59 Å². The minimum Gasteiger partial charge on any atom is -0.350 e. The van der Waals surface area contributed by atoms with Crippen molar-refractivity contribution in [2.45, 2.75) is 40.7 Å². The average molecular weight is 288 g/mol. The minimum atomic E-state index is -0.108. The number of hydrogen-bond donors (Lipinski definition) is 2. The lowest BCUT2D eigenvalue weighted by Crippen LogP contribution is -2.40. The van der Waals surface area contributed by atoms with Gasteiger partial charge in [0.1, 0.15) is 0 Å². The number of amides is 2. The Balaban J connectivity index is 2.60. The molecule has 0 saturated heterocycles. The first kappa shape index (κ1) is 17.0. The summed E-state index contributed by atoms with van der Waals surface area (Å²) in [6.07, 6.45) is 3.28. The van der Waals surface area contributed by atoms with Gasteiger partial charge in [-0.3, -0.25) is 9.59 Å². The molecule has 2 amide bonds. The Morgan fingerprint density at radius 2 is 1.71 bits per heavy atom. The fourth-order valence-corrected chi connectivity index (χ4v) is 1.53. The van der Waals surface area contributed by atoms with Crippen molar-refractivity contribution in [3.05, 3.63) is 35.9 Å². The van der Waals surface area contributed by atoms with Crippen molar-refractivity contribution < 1.29 is 9.59 Å². The van der Waals surface area contributed by atoms with Crippen molar-refractivity contribution in [1.29, 1.82) is 0 Å². The van der Waals surface area contributed by atoms with Crippen LogP contribution >= 0.6 is 0 Å². The highest BCUT2D eigenvalue weighted by Crippen LogP contribution is 2.18. The van der Waals surface area contributed by atoms with E-state index in [9.17, 15) is 9.59 Å². The van der Waals surface area contributed by atoms with Crippen LogP contribution in [0.5, 0.6) is 0 Å². The van der Waals surface area contributed by atoms with Crippen LogP contribution < -0.4 is 10.6 Å². The molecule has 0 aliphatic heterocycles. The highest BCUT2D eigenvalue weighted by atomic mass is 16.2. The van der Waals surface area contributed by atoms with Gasteiger partial charge in [-0.2, -0.15) is 0 Å². The van der Waals surface area contributed by atoms with Crippen LogP contribution in [-0.4, -0.2) is 17.9 Å². The zero-order chi connectivity index (χ0) is 16.0. The zero-order valence-corrected chi connectivity index (χ0v) is 13.4. The molecular formula is C17H24N2O2.